The Morgan fingerprint density at radius 1 is 0.833 bits per heavy atom. The van der Waals surface area contributed by atoms with Gasteiger partial charge in [0.15, 0.2) is 6.04 Å². The summed E-state index contributed by atoms with van der Waals surface area (Å²) < 4.78 is 16.4. The van der Waals surface area contributed by atoms with Gasteiger partial charge >= 0.3 is 5.97 Å². The van der Waals surface area contributed by atoms with Crippen molar-refractivity contribution in [2.24, 2.45) is 11.7 Å². The number of ether oxygens (including phenoxy) is 3. The highest BCUT2D eigenvalue weighted by molar-refractivity contribution is 5.92. The molecule has 0 aliphatic heterocycles. The Morgan fingerprint density at radius 2 is 1.39 bits per heavy atom. The van der Waals surface area contributed by atoms with Crippen LogP contribution in [0.4, 0.5) is 0 Å². The molecule has 0 heterocycles. The van der Waals surface area contributed by atoms with Gasteiger partial charge in [-0.2, -0.15) is 0 Å². The molecule has 0 aromatic heterocycles. The van der Waals surface area contributed by atoms with Crippen LogP contribution in [0.15, 0.2) is 60.7 Å². The lowest BCUT2D eigenvalue weighted by molar-refractivity contribution is -0.148. The molecule has 0 bridgehead atoms. The van der Waals surface area contributed by atoms with E-state index in [0.717, 1.165) is 11.1 Å². The van der Waals surface area contributed by atoms with Crippen molar-refractivity contribution in [3.63, 3.8) is 0 Å². The van der Waals surface area contributed by atoms with Gasteiger partial charge in [-0.05, 0) is 24.0 Å². The van der Waals surface area contributed by atoms with Crippen LogP contribution in [0.25, 0.3) is 0 Å². The van der Waals surface area contributed by atoms with Gasteiger partial charge in [0.05, 0.1) is 39.1 Å². The van der Waals surface area contributed by atoms with E-state index in [1.54, 1.807) is 6.92 Å². The summed E-state index contributed by atoms with van der Waals surface area (Å²) in [5.41, 5.74) is 7.82. The summed E-state index contributed by atoms with van der Waals surface area (Å²) in [5.74, 6) is -1.91. The van der Waals surface area contributed by atoms with Gasteiger partial charge in [-0.3, -0.25) is 9.59 Å². The van der Waals surface area contributed by atoms with Gasteiger partial charge in [-0.1, -0.05) is 74.5 Å². The number of rotatable bonds is 14. The van der Waals surface area contributed by atoms with E-state index in [9.17, 15) is 14.4 Å². The molecule has 2 aromatic carbocycles. The van der Waals surface area contributed by atoms with Crippen LogP contribution in [-0.2, 0) is 41.8 Å². The molecule has 0 saturated heterocycles. The standard InChI is InChI=1S/C27H37N3O6/c1-18(2)23(28)25(31)30-24(19(3)36-16-21-13-9-6-10-14-21)26(32)29-22(27(33)34-4)17-35-15-20-11-7-5-8-12-20/h5-14,18-19,22-24H,15-17,28H2,1-4H3,(H,29,32)(H,30,31)/t19-,22+,23+,24+/m1/s1. The highest BCUT2D eigenvalue weighted by Crippen LogP contribution is 2.09. The average molecular weight is 500 g/mol. The summed E-state index contributed by atoms with van der Waals surface area (Å²) >= 11 is 0. The number of hydrogen-bond donors (Lipinski definition) is 3. The lowest BCUT2D eigenvalue weighted by Gasteiger charge is -2.28. The molecule has 0 saturated carbocycles. The van der Waals surface area contributed by atoms with Gasteiger partial charge in [-0.15, -0.1) is 0 Å². The highest BCUT2D eigenvalue weighted by atomic mass is 16.5. The first-order valence-electron chi connectivity index (χ1n) is 11.9. The number of hydrogen-bond acceptors (Lipinski definition) is 7. The van der Waals surface area contributed by atoms with E-state index < -0.39 is 42.0 Å². The first-order chi connectivity index (χ1) is 17.2. The van der Waals surface area contributed by atoms with Crippen molar-refractivity contribution in [1.29, 1.82) is 0 Å². The number of nitrogens with two attached hydrogens (primary N) is 1. The largest absolute Gasteiger partial charge is 0.467 e. The Hall–Kier alpha value is -3.27. The quantitative estimate of drug-likeness (QED) is 0.339. The van der Waals surface area contributed by atoms with E-state index in [2.05, 4.69) is 10.6 Å². The molecule has 4 atom stereocenters. The summed E-state index contributed by atoms with van der Waals surface area (Å²) in [6, 6.07) is 15.9. The number of esters is 1. The van der Waals surface area contributed by atoms with Crippen LogP contribution in [0.3, 0.4) is 0 Å². The molecule has 0 unspecified atom stereocenters. The lowest BCUT2D eigenvalue weighted by Crippen LogP contribution is -2.59. The zero-order valence-corrected chi connectivity index (χ0v) is 21.3. The Labute approximate surface area is 212 Å². The molecule has 9 heteroatoms. The third kappa shape index (κ3) is 9.41. The van der Waals surface area contributed by atoms with Gasteiger partial charge < -0.3 is 30.6 Å². The topological polar surface area (TPSA) is 129 Å². The summed E-state index contributed by atoms with van der Waals surface area (Å²) in [7, 11) is 1.23. The van der Waals surface area contributed by atoms with Crippen LogP contribution < -0.4 is 16.4 Å². The zero-order valence-electron chi connectivity index (χ0n) is 21.3. The molecule has 0 spiro atoms. The van der Waals surface area contributed by atoms with Crippen LogP contribution in [0, 0.1) is 5.92 Å². The zero-order chi connectivity index (χ0) is 26.5. The van der Waals surface area contributed by atoms with Crippen LogP contribution in [0.5, 0.6) is 0 Å². The summed E-state index contributed by atoms with van der Waals surface area (Å²) in [6.45, 7) is 5.67. The maximum absolute atomic E-state index is 13.3. The summed E-state index contributed by atoms with van der Waals surface area (Å²) in [5, 5.41) is 5.32. The predicted octanol–water partition coefficient (Wildman–Crippen LogP) is 1.93. The van der Waals surface area contributed by atoms with Crippen molar-refractivity contribution >= 4 is 17.8 Å². The number of carbonyl (C=O) groups is 3. The molecule has 196 valence electrons. The maximum Gasteiger partial charge on any atom is 0.330 e. The minimum atomic E-state index is -1.10. The van der Waals surface area contributed by atoms with E-state index in [0.29, 0.717) is 0 Å². The SMILES string of the molecule is COC(=O)[C@H](COCc1ccccc1)NC(=O)[C@@H](NC(=O)[C@@H](N)C(C)C)[C@@H](C)OCc1ccccc1. The van der Waals surface area contributed by atoms with E-state index in [-0.39, 0.29) is 25.7 Å². The van der Waals surface area contributed by atoms with Gasteiger partial charge in [0, 0.05) is 0 Å². The molecular weight excluding hydrogens is 462 g/mol. The van der Waals surface area contributed by atoms with Crippen LogP contribution >= 0.6 is 0 Å². The monoisotopic (exact) mass is 499 g/mol. The smallest absolute Gasteiger partial charge is 0.330 e. The summed E-state index contributed by atoms with van der Waals surface area (Å²) in [4.78, 5) is 38.3. The molecule has 4 N–H and O–H groups in total. The molecule has 0 aliphatic carbocycles. The Balaban J connectivity index is 2.10. The second-order valence-electron chi connectivity index (χ2n) is 8.84. The van der Waals surface area contributed by atoms with Gasteiger partial charge in [0.1, 0.15) is 6.04 Å². The van der Waals surface area contributed by atoms with Crippen LogP contribution in [-0.4, -0.2) is 55.7 Å². The average Bonchev–Trinajstić information content (AvgIpc) is 2.89. The molecule has 2 rings (SSSR count). The van der Waals surface area contributed by atoms with E-state index in [4.69, 9.17) is 19.9 Å². The first kappa shape index (κ1) is 29.0. The third-order valence-electron chi connectivity index (χ3n) is 5.62. The molecule has 0 aliphatic rings. The fourth-order valence-electron chi connectivity index (χ4n) is 3.29. The van der Waals surface area contributed by atoms with E-state index >= 15 is 0 Å². The van der Waals surface area contributed by atoms with Crippen LogP contribution in [0.1, 0.15) is 31.9 Å². The van der Waals surface area contributed by atoms with Crippen molar-refractivity contribution in [1.82, 2.24) is 10.6 Å². The molecule has 36 heavy (non-hydrogen) atoms. The highest BCUT2D eigenvalue weighted by Gasteiger charge is 2.33. The fourth-order valence-corrected chi connectivity index (χ4v) is 3.29. The van der Waals surface area contributed by atoms with Gasteiger partial charge in [0.25, 0.3) is 0 Å². The molecule has 0 fully saturated rings. The van der Waals surface area contributed by atoms with Gasteiger partial charge in [-0.25, -0.2) is 4.79 Å². The van der Waals surface area contributed by atoms with Crippen molar-refractivity contribution < 1.29 is 28.6 Å². The second kappa shape index (κ2) is 15.0. The molecule has 9 nitrogen and oxygen atoms in total. The van der Waals surface area contributed by atoms with E-state index in [1.165, 1.54) is 7.11 Å². The Bertz CT molecular complexity index is 954. The fraction of sp³-hybridized carbons (Fsp3) is 0.444. The number of benzene rings is 2. The third-order valence-corrected chi connectivity index (χ3v) is 5.62. The lowest BCUT2D eigenvalue weighted by atomic mass is 10.0. The number of carbonyl (C=O) groups excluding carboxylic acids is 3. The van der Waals surface area contributed by atoms with E-state index in [1.807, 2.05) is 74.5 Å². The maximum atomic E-state index is 13.3. The number of amides is 2. The van der Waals surface area contributed by atoms with Gasteiger partial charge in [0.2, 0.25) is 11.8 Å². The van der Waals surface area contributed by atoms with Crippen molar-refractivity contribution in [2.45, 2.75) is 58.2 Å². The molecule has 0 radical (unpaired) electrons. The normalized spacial score (nSPS) is 14.4. The molecular formula is C27H37N3O6. The van der Waals surface area contributed by atoms with Crippen molar-refractivity contribution in [3.8, 4) is 0 Å². The predicted molar refractivity (Wildman–Crippen MR) is 135 cm³/mol. The van der Waals surface area contributed by atoms with Crippen molar-refractivity contribution in [3.05, 3.63) is 71.8 Å². The number of methoxy groups -OCH3 is 1. The Morgan fingerprint density at radius 3 is 1.92 bits per heavy atom. The minimum Gasteiger partial charge on any atom is -0.467 e. The Kier molecular flexibility index (Phi) is 12.0. The number of nitrogens with one attached hydrogen (secondary N) is 2. The van der Waals surface area contributed by atoms with Crippen molar-refractivity contribution in [2.75, 3.05) is 13.7 Å². The molecule has 2 amide bonds. The second-order valence-corrected chi connectivity index (χ2v) is 8.84. The molecule has 2 aromatic rings. The first-order valence-corrected chi connectivity index (χ1v) is 11.9. The minimum absolute atomic E-state index is 0.112. The van der Waals surface area contributed by atoms with Crippen LogP contribution in [0.2, 0.25) is 0 Å². The summed E-state index contributed by atoms with van der Waals surface area (Å²) in [6.07, 6.45) is -0.725.